The minimum Gasteiger partial charge on any atom is -0.308 e. The van der Waals surface area contributed by atoms with Gasteiger partial charge in [-0.05, 0) is 12.8 Å². The second-order valence-electron chi connectivity index (χ2n) is 4.82. The van der Waals surface area contributed by atoms with Crippen molar-refractivity contribution in [3.05, 3.63) is 0 Å². The fourth-order valence-electron chi connectivity index (χ4n) is 1.26. The smallest absolute Gasteiger partial charge is 0.308 e. The Labute approximate surface area is 73.6 Å². The van der Waals surface area contributed by atoms with E-state index in [0.717, 1.165) is 5.97 Å². The van der Waals surface area contributed by atoms with E-state index in [1.54, 1.807) is 0 Å². The maximum absolute atomic E-state index is 5.78. The molecule has 0 aromatic heterocycles. The molecule has 0 aromatic carbocycles. The number of rotatable bonds is 1. The third-order valence-electron chi connectivity index (χ3n) is 3.07. The first-order chi connectivity index (χ1) is 5.42. The van der Waals surface area contributed by atoms with Crippen LogP contribution >= 0.6 is 0 Å². The van der Waals surface area contributed by atoms with Crippen molar-refractivity contribution < 1.29 is 9.16 Å². The summed E-state index contributed by atoms with van der Waals surface area (Å²) in [6.07, 6.45) is 2.48. The second-order valence-corrected chi connectivity index (χ2v) is 4.82. The van der Waals surface area contributed by atoms with Crippen LogP contribution in [0.2, 0.25) is 0 Å². The van der Waals surface area contributed by atoms with E-state index >= 15 is 0 Å². The molecule has 0 N–H and O–H groups in total. The first-order valence-corrected chi connectivity index (χ1v) is 4.67. The molecule has 0 unspecified atom stereocenters. The zero-order chi connectivity index (χ0) is 8.98. The average molecular weight is 169 g/mol. The Hall–Kier alpha value is -0.530. The molecule has 0 bridgehead atoms. The third kappa shape index (κ3) is 1.05. The average Bonchev–Trinajstić information content (AvgIpc) is 2.60. The molecular weight excluding hydrogens is 152 g/mol. The van der Waals surface area contributed by atoms with Crippen molar-refractivity contribution in [1.82, 2.24) is 0 Å². The van der Waals surface area contributed by atoms with Crippen LogP contribution in [0.3, 0.4) is 0 Å². The topological polar surface area (TPSA) is 20.5 Å². The predicted molar refractivity (Wildman–Crippen MR) is 47.0 cm³/mol. The van der Waals surface area contributed by atoms with Crippen LogP contribution in [0.15, 0.2) is 0 Å². The Morgan fingerprint density at radius 2 is 1.83 bits per heavy atom. The monoisotopic (exact) mass is 169 g/mol. The molecule has 1 heterocycles. The van der Waals surface area contributed by atoms with Gasteiger partial charge in [-0.1, -0.05) is 0 Å². The van der Waals surface area contributed by atoms with E-state index in [9.17, 15) is 0 Å². The van der Waals surface area contributed by atoms with Crippen LogP contribution in [0.5, 0.6) is 0 Å². The first-order valence-electron chi connectivity index (χ1n) is 4.67. The quantitative estimate of drug-likeness (QED) is 0.434. The molecule has 12 heavy (non-hydrogen) atoms. The standard InChI is InChI=1S/C10H17O2/c1-9(2)10(3,4)12-8(11-9)7-5-6-7/h7H,5-6H2,1-4H3/q+1. The number of esters is 1. The molecule has 2 heteroatoms. The van der Waals surface area contributed by atoms with Gasteiger partial charge in [-0.2, -0.15) is 0 Å². The highest BCUT2D eigenvalue weighted by molar-refractivity contribution is 5.77. The minimum absolute atomic E-state index is 0.176. The van der Waals surface area contributed by atoms with Crippen LogP contribution in [0.1, 0.15) is 40.5 Å². The fraction of sp³-hybridized carbons (Fsp3) is 0.900. The van der Waals surface area contributed by atoms with Gasteiger partial charge in [-0.25, -0.2) is 0 Å². The van der Waals surface area contributed by atoms with Crippen LogP contribution in [0.4, 0.5) is 0 Å². The Morgan fingerprint density at radius 3 is 2.17 bits per heavy atom. The number of carbonyl (C=O) groups excluding carboxylic acids is 1. The van der Waals surface area contributed by atoms with E-state index in [1.165, 1.54) is 12.8 Å². The normalized spacial score (nSPS) is 31.2. The van der Waals surface area contributed by atoms with Crippen LogP contribution in [0, 0.1) is 5.92 Å². The lowest BCUT2D eigenvalue weighted by molar-refractivity contribution is -0.544. The molecule has 0 spiro atoms. The summed E-state index contributed by atoms with van der Waals surface area (Å²) in [6.45, 7) is 8.34. The van der Waals surface area contributed by atoms with Crippen LogP contribution in [-0.2, 0) is 9.16 Å². The van der Waals surface area contributed by atoms with Gasteiger partial charge < -0.3 is 9.16 Å². The molecule has 2 nitrogen and oxygen atoms in total. The van der Waals surface area contributed by atoms with Gasteiger partial charge in [-0.3, -0.25) is 0 Å². The van der Waals surface area contributed by atoms with E-state index in [0.29, 0.717) is 5.92 Å². The number of hydrogen-bond donors (Lipinski definition) is 0. The van der Waals surface area contributed by atoms with Gasteiger partial charge in [0.25, 0.3) is 11.2 Å². The van der Waals surface area contributed by atoms with Crippen LogP contribution in [0.25, 0.3) is 0 Å². The summed E-state index contributed by atoms with van der Waals surface area (Å²) in [6, 6.07) is 0. The van der Waals surface area contributed by atoms with Crippen LogP contribution in [-0.4, -0.2) is 17.2 Å². The van der Waals surface area contributed by atoms with E-state index < -0.39 is 0 Å². The third-order valence-corrected chi connectivity index (χ3v) is 3.07. The van der Waals surface area contributed by atoms with Crippen molar-refractivity contribution >= 4 is 5.97 Å². The molecule has 2 aliphatic rings. The van der Waals surface area contributed by atoms with Gasteiger partial charge in [0.2, 0.25) is 0 Å². The van der Waals surface area contributed by atoms with E-state index in [-0.39, 0.29) is 11.2 Å². The molecule has 0 atom stereocenters. The van der Waals surface area contributed by atoms with Crippen molar-refractivity contribution in [1.29, 1.82) is 0 Å². The molecule has 1 aliphatic carbocycles. The molecular formula is C10H17O2+. The lowest BCUT2D eigenvalue weighted by Gasteiger charge is -2.19. The van der Waals surface area contributed by atoms with Crippen molar-refractivity contribution in [2.45, 2.75) is 51.7 Å². The Balaban J connectivity index is 2.22. The van der Waals surface area contributed by atoms with Crippen LogP contribution < -0.4 is 0 Å². The number of cyclic esters (lactones) is 1. The molecule has 2 rings (SSSR count). The molecule has 68 valence electrons. The molecule has 0 amide bonds. The highest BCUT2D eigenvalue weighted by Gasteiger charge is 2.60. The highest BCUT2D eigenvalue weighted by Crippen LogP contribution is 2.40. The fourth-order valence-corrected chi connectivity index (χ4v) is 1.26. The predicted octanol–water partition coefficient (Wildman–Crippen LogP) is 2.05. The van der Waals surface area contributed by atoms with E-state index in [2.05, 4.69) is 27.7 Å². The van der Waals surface area contributed by atoms with E-state index in [4.69, 9.17) is 9.16 Å². The first kappa shape index (κ1) is 8.09. The zero-order valence-corrected chi connectivity index (χ0v) is 8.31. The summed E-state index contributed by atoms with van der Waals surface area (Å²) in [4.78, 5) is 0. The van der Waals surface area contributed by atoms with Crippen molar-refractivity contribution in [2.24, 2.45) is 5.92 Å². The second kappa shape index (κ2) is 2.04. The maximum Gasteiger partial charge on any atom is 0.489 e. The molecule has 1 aliphatic heterocycles. The van der Waals surface area contributed by atoms with Crippen molar-refractivity contribution in [3.63, 3.8) is 0 Å². The largest absolute Gasteiger partial charge is 0.489 e. The molecule has 0 aromatic rings. The summed E-state index contributed by atoms with van der Waals surface area (Å²) in [5.41, 5.74) is -0.351. The Morgan fingerprint density at radius 1 is 1.25 bits per heavy atom. The Bertz CT molecular complexity index is 234. The van der Waals surface area contributed by atoms with Crippen molar-refractivity contribution in [3.8, 4) is 0 Å². The highest BCUT2D eigenvalue weighted by atomic mass is 16.7. The summed E-state index contributed by atoms with van der Waals surface area (Å²) in [5, 5.41) is 0. The molecule has 1 fully saturated rings. The molecule has 0 radical (unpaired) electrons. The van der Waals surface area contributed by atoms with Gasteiger partial charge in [0.05, 0.1) is 0 Å². The van der Waals surface area contributed by atoms with Gasteiger partial charge in [-0.15, -0.1) is 0 Å². The Kier molecular flexibility index (Phi) is 1.37. The molecule has 1 saturated carbocycles. The number of hydrogen-bond acceptors (Lipinski definition) is 1. The summed E-state index contributed by atoms with van der Waals surface area (Å²) >= 11 is 0. The van der Waals surface area contributed by atoms with Gasteiger partial charge in [0, 0.05) is 27.7 Å². The molecule has 0 saturated heterocycles. The van der Waals surface area contributed by atoms with Crippen molar-refractivity contribution in [2.75, 3.05) is 0 Å². The zero-order valence-electron chi connectivity index (χ0n) is 8.31. The number of ether oxygens (including phenoxy) is 1. The summed E-state index contributed by atoms with van der Waals surface area (Å²) in [5.74, 6) is 1.47. The maximum atomic E-state index is 5.78. The SMILES string of the molecule is CC1(C)OC(C2CC2)=[O+]C1(C)C. The lowest BCUT2D eigenvalue weighted by atomic mass is 9.90. The summed E-state index contributed by atoms with van der Waals surface area (Å²) < 4.78 is 11.6. The summed E-state index contributed by atoms with van der Waals surface area (Å²) in [7, 11) is 0. The van der Waals surface area contributed by atoms with Gasteiger partial charge in [0.15, 0.2) is 0 Å². The van der Waals surface area contributed by atoms with E-state index in [1.807, 2.05) is 0 Å². The minimum atomic E-state index is -0.176. The van der Waals surface area contributed by atoms with Gasteiger partial charge in [0.1, 0.15) is 5.92 Å². The van der Waals surface area contributed by atoms with Gasteiger partial charge >= 0.3 is 5.97 Å². The lowest BCUT2D eigenvalue weighted by Crippen LogP contribution is -2.42.